The molecule has 0 aromatic heterocycles. The van der Waals surface area contributed by atoms with E-state index < -0.39 is 0 Å². The second kappa shape index (κ2) is 11.9. The van der Waals surface area contributed by atoms with E-state index in [0.717, 1.165) is 36.3 Å². The van der Waals surface area contributed by atoms with Crippen molar-refractivity contribution in [2.75, 3.05) is 45.2 Å². The van der Waals surface area contributed by atoms with Gasteiger partial charge in [-0.05, 0) is 48.9 Å². The number of methoxy groups -OCH3 is 1. The first-order valence-electron chi connectivity index (χ1n) is 12.4. The minimum Gasteiger partial charge on any atom is -0.496 e. The second-order valence-corrected chi connectivity index (χ2v) is 9.16. The number of ether oxygens (including phenoxy) is 1. The number of urea groups is 1. The lowest BCUT2D eigenvalue weighted by atomic mass is 9.95. The quantitative estimate of drug-likeness (QED) is 0.624. The van der Waals surface area contributed by atoms with E-state index in [1.165, 1.54) is 12.8 Å². The summed E-state index contributed by atoms with van der Waals surface area (Å²) in [5.74, 6) is 1.36. The smallest absolute Gasteiger partial charge is 0.321 e. The van der Waals surface area contributed by atoms with Crippen LogP contribution < -0.4 is 15.4 Å². The lowest BCUT2D eigenvalue weighted by Crippen LogP contribution is -2.58. The van der Waals surface area contributed by atoms with Crippen LogP contribution in [0.3, 0.4) is 0 Å². The molecular weight excluding hydrogens is 428 g/mol. The van der Waals surface area contributed by atoms with Crippen molar-refractivity contribution in [1.29, 1.82) is 0 Å². The number of carbonyl (C=O) groups is 2. The number of rotatable bonds is 8. The summed E-state index contributed by atoms with van der Waals surface area (Å²) in [5, 5.41) is 6.16. The van der Waals surface area contributed by atoms with Gasteiger partial charge in [-0.3, -0.25) is 9.69 Å². The fourth-order valence-electron chi connectivity index (χ4n) is 5.21. The zero-order chi connectivity index (χ0) is 23.8. The van der Waals surface area contributed by atoms with E-state index in [4.69, 9.17) is 4.74 Å². The number of hydrogen-bond donors (Lipinski definition) is 2. The molecule has 1 heterocycles. The molecule has 1 aliphatic carbocycles. The number of hydrogen-bond acceptors (Lipinski definition) is 4. The molecule has 7 nitrogen and oxygen atoms in total. The molecule has 0 bridgehead atoms. The third kappa shape index (κ3) is 6.08. The second-order valence-electron chi connectivity index (χ2n) is 9.16. The van der Waals surface area contributed by atoms with Gasteiger partial charge in [-0.25, -0.2) is 4.79 Å². The van der Waals surface area contributed by atoms with Crippen LogP contribution >= 0.6 is 0 Å². The number of piperazine rings is 1. The predicted octanol–water partition coefficient (Wildman–Crippen LogP) is 3.76. The van der Waals surface area contributed by atoms with E-state index in [1.54, 1.807) is 7.11 Å². The number of carbonyl (C=O) groups excluding carboxylic acids is 2. The Kier molecular flexibility index (Phi) is 8.41. The van der Waals surface area contributed by atoms with E-state index in [9.17, 15) is 9.59 Å². The van der Waals surface area contributed by atoms with Crippen LogP contribution in [0.4, 0.5) is 10.5 Å². The summed E-state index contributed by atoms with van der Waals surface area (Å²) in [7, 11) is 1.67. The molecule has 1 aliphatic heterocycles. The van der Waals surface area contributed by atoms with Gasteiger partial charge in [0.2, 0.25) is 5.91 Å². The topological polar surface area (TPSA) is 73.9 Å². The van der Waals surface area contributed by atoms with Crippen molar-refractivity contribution < 1.29 is 14.3 Å². The Morgan fingerprint density at radius 1 is 0.971 bits per heavy atom. The van der Waals surface area contributed by atoms with Crippen LogP contribution in [0.5, 0.6) is 5.75 Å². The normalized spacial score (nSPS) is 17.9. The molecule has 3 amide bonds. The van der Waals surface area contributed by atoms with Crippen LogP contribution in [0, 0.1) is 5.92 Å². The molecular formula is C27H36N4O3. The van der Waals surface area contributed by atoms with Crippen molar-refractivity contribution in [3.63, 3.8) is 0 Å². The van der Waals surface area contributed by atoms with Crippen LogP contribution in [-0.4, -0.2) is 67.6 Å². The minimum absolute atomic E-state index is 0.0791. The van der Waals surface area contributed by atoms with E-state index in [1.807, 2.05) is 59.5 Å². The number of benzene rings is 2. The number of nitrogens with zero attached hydrogens (tertiary/aromatic N) is 2. The van der Waals surface area contributed by atoms with Crippen LogP contribution in [-0.2, 0) is 11.2 Å². The van der Waals surface area contributed by atoms with Gasteiger partial charge in [0, 0.05) is 38.4 Å². The number of anilines is 1. The fourth-order valence-corrected chi connectivity index (χ4v) is 5.21. The molecule has 2 aliphatic rings. The third-order valence-corrected chi connectivity index (χ3v) is 7.02. The Morgan fingerprint density at radius 3 is 2.35 bits per heavy atom. The zero-order valence-electron chi connectivity index (χ0n) is 20.0. The number of para-hydroxylation sites is 2. The van der Waals surface area contributed by atoms with E-state index >= 15 is 0 Å². The first kappa shape index (κ1) is 24.1. The molecule has 1 saturated carbocycles. The highest BCUT2D eigenvalue weighted by Gasteiger charge is 2.37. The first-order valence-corrected chi connectivity index (χ1v) is 12.4. The molecule has 0 spiro atoms. The average Bonchev–Trinajstić information content (AvgIpc) is 3.40. The highest BCUT2D eigenvalue weighted by Crippen LogP contribution is 2.31. The Labute approximate surface area is 202 Å². The van der Waals surface area contributed by atoms with E-state index in [-0.39, 0.29) is 18.0 Å². The fraction of sp³-hybridized carbons (Fsp3) is 0.481. The largest absolute Gasteiger partial charge is 0.496 e. The molecule has 7 heteroatoms. The van der Waals surface area contributed by atoms with Gasteiger partial charge in [-0.2, -0.15) is 0 Å². The van der Waals surface area contributed by atoms with Crippen molar-refractivity contribution in [2.45, 2.75) is 38.1 Å². The highest BCUT2D eigenvalue weighted by molar-refractivity contribution is 5.89. The highest BCUT2D eigenvalue weighted by atomic mass is 16.5. The Bertz CT molecular complexity index is 938. The molecule has 0 unspecified atom stereocenters. The van der Waals surface area contributed by atoms with Gasteiger partial charge in [0.25, 0.3) is 0 Å². The first-order chi connectivity index (χ1) is 16.7. The Balaban J connectivity index is 1.32. The van der Waals surface area contributed by atoms with Gasteiger partial charge in [0.1, 0.15) is 5.75 Å². The van der Waals surface area contributed by atoms with Crippen LogP contribution in [0.25, 0.3) is 0 Å². The Hall–Kier alpha value is -3.06. The van der Waals surface area contributed by atoms with Crippen molar-refractivity contribution in [3.05, 3.63) is 60.2 Å². The van der Waals surface area contributed by atoms with Gasteiger partial charge in [0.15, 0.2) is 0 Å². The van der Waals surface area contributed by atoms with Gasteiger partial charge >= 0.3 is 6.03 Å². The van der Waals surface area contributed by atoms with Crippen molar-refractivity contribution in [1.82, 2.24) is 15.1 Å². The van der Waals surface area contributed by atoms with Crippen molar-refractivity contribution in [2.24, 2.45) is 5.92 Å². The van der Waals surface area contributed by atoms with Gasteiger partial charge in [-0.15, -0.1) is 0 Å². The van der Waals surface area contributed by atoms with E-state index in [0.29, 0.717) is 38.6 Å². The lowest BCUT2D eigenvalue weighted by Gasteiger charge is -2.40. The number of nitrogens with one attached hydrogen (secondary N) is 2. The molecule has 2 aromatic rings. The molecule has 1 atom stereocenters. The summed E-state index contributed by atoms with van der Waals surface area (Å²) in [4.78, 5) is 30.2. The summed E-state index contributed by atoms with van der Waals surface area (Å²) in [6.07, 6.45) is 5.31. The number of amides is 3. The van der Waals surface area contributed by atoms with Crippen molar-refractivity contribution >= 4 is 17.6 Å². The van der Waals surface area contributed by atoms with Crippen LogP contribution in [0.1, 0.15) is 31.2 Å². The summed E-state index contributed by atoms with van der Waals surface area (Å²) >= 11 is 0. The molecule has 182 valence electrons. The maximum Gasteiger partial charge on any atom is 0.321 e. The maximum absolute atomic E-state index is 13.4. The summed E-state index contributed by atoms with van der Waals surface area (Å²) in [5.41, 5.74) is 1.90. The van der Waals surface area contributed by atoms with Gasteiger partial charge < -0.3 is 20.3 Å². The Morgan fingerprint density at radius 2 is 1.65 bits per heavy atom. The predicted molar refractivity (Wildman–Crippen MR) is 134 cm³/mol. The van der Waals surface area contributed by atoms with E-state index in [2.05, 4.69) is 15.5 Å². The lowest BCUT2D eigenvalue weighted by molar-refractivity contribution is -0.129. The maximum atomic E-state index is 13.4. The standard InChI is InChI=1S/C27H36N4O3/c1-34-24-14-8-7-9-21(24)15-16-28-26(32)25(22-10-5-6-11-22)30-17-19-31(20-18-30)27(33)29-23-12-3-2-4-13-23/h2-4,7-9,12-14,22,25H,5-6,10-11,15-20H2,1H3,(H,28,32)(H,29,33)/t25-/m0/s1. The van der Waals surface area contributed by atoms with Gasteiger partial charge in [-0.1, -0.05) is 49.2 Å². The van der Waals surface area contributed by atoms with Crippen molar-refractivity contribution in [3.8, 4) is 5.75 Å². The summed E-state index contributed by atoms with van der Waals surface area (Å²) in [6.45, 7) is 3.25. The molecule has 1 saturated heterocycles. The minimum atomic E-state index is -0.125. The summed E-state index contributed by atoms with van der Waals surface area (Å²) in [6, 6.07) is 17.3. The molecule has 2 aromatic carbocycles. The third-order valence-electron chi connectivity index (χ3n) is 7.02. The zero-order valence-corrected chi connectivity index (χ0v) is 20.0. The molecule has 2 fully saturated rings. The molecule has 0 radical (unpaired) electrons. The molecule has 4 rings (SSSR count). The molecule has 34 heavy (non-hydrogen) atoms. The van der Waals surface area contributed by atoms with Crippen LogP contribution in [0.2, 0.25) is 0 Å². The average molecular weight is 465 g/mol. The monoisotopic (exact) mass is 464 g/mol. The SMILES string of the molecule is COc1ccccc1CCNC(=O)[C@H](C1CCCC1)N1CCN(C(=O)Nc2ccccc2)CC1. The van der Waals surface area contributed by atoms with Gasteiger partial charge in [0.05, 0.1) is 13.2 Å². The molecule has 2 N–H and O–H groups in total. The van der Waals surface area contributed by atoms with Crippen LogP contribution in [0.15, 0.2) is 54.6 Å². The summed E-state index contributed by atoms with van der Waals surface area (Å²) < 4.78 is 5.44.